The average molecular weight is 233 g/mol. The molecular weight excluding hydrogens is 221 g/mol. The minimum Gasteiger partial charge on any atom is -0.452 e. The molecule has 1 aliphatic rings. The van der Waals surface area contributed by atoms with Crippen molar-refractivity contribution in [2.24, 2.45) is 0 Å². The highest BCUT2D eigenvalue weighted by molar-refractivity contribution is 5.78. The summed E-state index contributed by atoms with van der Waals surface area (Å²) in [5, 5.41) is 0. The van der Waals surface area contributed by atoms with Gasteiger partial charge in [0.2, 0.25) is 0 Å². The van der Waals surface area contributed by atoms with Crippen LogP contribution in [0.2, 0.25) is 0 Å². The van der Waals surface area contributed by atoms with E-state index in [4.69, 9.17) is 0 Å². The van der Waals surface area contributed by atoms with Crippen LogP contribution in [-0.2, 0) is 4.74 Å². The van der Waals surface area contributed by atoms with Crippen LogP contribution in [-0.4, -0.2) is 24.6 Å². The van der Waals surface area contributed by atoms with E-state index in [1.165, 1.54) is 24.1 Å². The Hall–Kier alpha value is -2.10. The van der Waals surface area contributed by atoms with Crippen molar-refractivity contribution in [3.8, 4) is 0 Å². The van der Waals surface area contributed by atoms with Crippen LogP contribution in [0.5, 0.6) is 0 Å². The molecule has 0 aromatic heterocycles. The molecule has 1 aliphatic heterocycles. The lowest BCUT2D eigenvalue weighted by Gasteiger charge is -2.19. The molecule has 1 heterocycles. The number of hydrogen-bond donors (Lipinski definition) is 0. The number of hydrogen-bond acceptors (Lipinski definition) is 2. The molecule has 4 heteroatoms. The fraction of sp³-hybridized carbons (Fsp3) is 0.154. The summed E-state index contributed by atoms with van der Waals surface area (Å²) >= 11 is 0. The van der Waals surface area contributed by atoms with Crippen molar-refractivity contribution in [3.63, 3.8) is 0 Å². The molecule has 2 rings (SSSR count). The Bertz CT molecular complexity index is 477. The van der Waals surface area contributed by atoms with Gasteiger partial charge in [0, 0.05) is 12.7 Å². The molecule has 0 radical (unpaired) electrons. The summed E-state index contributed by atoms with van der Waals surface area (Å²) in [5.74, 6) is -0.259. The number of allylic oxidation sites excluding steroid dienone is 2. The second-order valence-corrected chi connectivity index (χ2v) is 3.60. The summed E-state index contributed by atoms with van der Waals surface area (Å²) < 4.78 is 17.4. The zero-order valence-corrected chi connectivity index (χ0v) is 9.39. The summed E-state index contributed by atoms with van der Waals surface area (Å²) in [6, 6.07) is 6.24. The van der Waals surface area contributed by atoms with Crippen molar-refractivity contribution in [3.05, 3.63) is 54.0 Å². The van der Waals surface area contributed by atoms with E-state index in [-0.39, 0.29) is 5.82 Å². The monoisotopic (exact) mass is 233 g/mol. The first-order valence-corrected chi connectivity index (χ1v) is 5.19. The fourth-order valence-electron chi connectivity index (χ4n) is 1.60. The largest absolute Gasteiger partial charge is 0.452 e. The summed E-state index contributed by atoms with van der Waals surface area (Å²) in [7, 11) is 1.34. The third-order valence-corrected chi connectivity index (χ3v) is 2.53. The van der Waals surface area contributed by atoms with Crippen LogP contribution >= 0.6 is 0 Å². The number of nitrogens with zero attached hydrogens (tertiary/aromatic N) is 1. The first kappa shape index (κ1) is 11.4. The molecule has 3 nitrogen and oxygen atoms in total. The highest BCUT2D eigenvalue weighted by atomic mass is 19.1. The predicted octanol–water partition coefficient (Wildman–Crippen LogP) is 2.80. The second kappa shape index (κ2) is 4.82. The van der Waals surface area contributed by atoms with Crippen molar-refractivity contribution in [1.29, 1.82) is 0 Å². The maximum Gasteiger partial charge on any atom is 0.413 e. The number of halogens is 1. The topological polar surface area (TPSA) is 29.5 Å². The summed E-state index contributed by atoms with van der Waals surface area (Å²) in [4.78, 5) is 12.7. The third-order valence-electron chi connectivity index (χ3n) is 2.53. The van der Waals surface area contributed by atoms with Crippen LogP contribution in [0.15, 0.2) is 42.6 Å². The van der Waals surface area contributed by atoms with Gasteiger partial charge in [0.15, 0.2) is 0 Å². The summed E-state index contributed by atoms with van der Waals surface area (Å²) in [6.07, 6.45) is 4.96. The maximum atomic E-state index is 12.8. The molecule has 0 saturated carbocycles. The summed E-state index contributed by atoms with van der Waals surface area (Å²) in [5.41, 5.74) is 1.89. The lowest BCUT2D eigenvalue weighted by Crippen LogP contribution is -2.27. The van der Waals surface area contributed by atoms with Crippen molar-refractivity contribution < 1.29 is 13.9 Å². The van der Waals surface area contributed by atoms with Crippen molar-refractivity contribution in [1.82, 2.24) is 4.90 Å². The van der Waals surface area contributed by atoms with Crippen LogP contribution in [0.25, 0.3) is 5.57 Å². The van der Waals surface area contributed by atoms with E-state index in [1.807, 2.05) is 6.08 Å². The molecule has 0 aliphatic carbocycles. The second-order valence-electron chi connectivity index (χ2n) is 3.60. The van der Waals surface area contributed by atoms with Gasteiger partial charge >= 0.3 is 6.09 Å². The molecule has 17 heavy (non-hydrogen) atoms. The normalized spacial score (nSPS) is 14.5. The van der Waals surface area contributed by atoms with Gasteiger partial charge < -0.3 is 4.74 Å². The lowest BCUT2D eigenvalue weighted by molar-refractivity contribution is 0.143. The molecule has 0 bridgehead atoms. The van der Waals surface area contributed by atoms with Crippen molar-refractivity contribution in [2.75, 3.05) is 13.7 Å². The van der Waals surface area contributed by atoms with Crippen LogP contribution in [0.3, 0.4) is 0 Å². The van der Waals surface area contributed by atoms with Gasteiger partial charge in [0.05, 0.1) is 7.11 Å². The Morgan fingerprint density at radius 3 is 2.59 bits per heavy atom. The predicted molar refractivity (Wildman–Crippen MR) is 62.6 cm³/mol. The maximum absolute atomic E-state index is 12.8. The number of carbonyl (C=O) groups is 1. The number of benzene rings is 1. The van der Waals surface area contributed by atoms with Crippen molar-refractivity contribution >= 4 is 11.7 Å². The van der Waals surface area contributed by atoms with Crippen LogP contribution in [0.1, 0.15) is 5.56 Å². The molecular formula is C13H12FNO2. The SMILES string of the molecule is COC(=O)N1C=CC(c2ccc(F)cc2)=CC1. The minimum atomic E-state index is -0.393. The van der Waals surface area contributed by atoms with Gasteiger partial charge in [-0.3, -0.25) is 4.90 Å². The molecule has 0 saturated heterocycles. The van der Waals surface area contributed by atoms with Crippen LogP contribution in [0.4, 0.5) is 9.18 Å². The number of carbonyl (C=O) groups excluding carboxylic acids is 1. The molecule has 1 amide bonds. The van der Waals surface area contributed by atoms with Gasteiger partial charge in [0.25, 0.3) is 0 Å². The molecule has 0 unspecified atom stereocenters. The Balaban J connectivity index is 2.12. The Morgan fingerprint density at radius 2 is 2.06 bits per heavy atom. The van der Waals surface area contributed by atoms with E-state index in [0.717, 1.165) is 11.1 Å². The highest BCUT2D eigenvalue weighted by Crippen LogP contribution is 2.20. The Morgan fingerprint density at radius 1 is 1.35 bits per heavy atom. The van der Waals surface area contributed by atoms with E-state index < -0.39 is 6.09 Å². The first-order chi connectivity index (χ1) is 8.20. The standard InChI is InChI=1S/C13H12FNO2/c1-17-13(16)15-8-6-11(7-9-15)10-2-4-12(14)5-3-10/h2-8H,9H2,1H3. The van der Waals surface area contributed by atoms with Gasteiger partial charge in [-0.25, -0.2) is 9.18 Å². The van der Waals surface area contributed by atoms with Crippen molar-refractivity contribution in [2.45, 2.75) is 0 Å². The van der Waals surface area contributed by atoms with E-state index in [2.05, 4.69) is 4.74 Å². The van der Waals surface area contributed by atoms with Crippen LogP contribution in [0, 0.1) is 5.82 Å². The average Bonchev–Trinajstić information content (AvgIpc) is 2.39. The number of methoxy groups -OCH3 is 1. The van der Waals surface area contributed by atoms with E-state index in [9.17, 15) is 9.18 Å². The molecule has 1 aromatic carbocycles. The highest BCUT2D eigenvalue weighted by Gasteiger charge is 2.13. The zero-order chi connectivity index (χ0) is 12.3. The molecule has 0 N–H and O–H groups in total. The smallest absolute Gasteiger partial charge is 0.413 e. The first-order valence-electron chi connectivity index (χ1n) is 5.19. The fourth-order valence-corrected chi connectivity index (χ4v) is 1.60. The Labute approximate surface area is 98.8 Å². The minimum absolute atomic E-state index is 0.259. The molecule has 0 fully saturated rings. The number of ether oxygens (including phenoxy) is 1. The van der Waals surface area contributed by atoms with Gasteiger partial charge in [-0.2, -0.15) is 0 Å². The zero-order valence-electron chi connectivity index (χ0n) is 9.39. The quantitative estimate of drug-likeness (QED) is 0.746. The molecule has 1 aromatic rings. The molecule has 88 valence electrons. The number of rotatable bonds is 1. The number of amides is 1. The van der Waals surface area contributed by atoms with Gasteiger partial charge in [-0.1, -0.05) is 18.2 Å². The molecule has 0 atom stereocenters. The third kappa shape index (κ3) is 2.53. The van der Waals surface area contributed by atoms with Gasteiger partial charge in [0.1, 0.15) is 5.82 Å². The van der Waals surface area contributed by atoms with Gasteiger partial charge in [-0.15, -0.1) is 0 Å². The van der Waals surface area contributed by atoms with E-state index >= 15 is 0 Å². The van der Waals surface area contributed by atoms with Crippen LogP contribution < -0.4 is 0 Å². The van der Waals surface area contributed by atoms with E-state index in [1.54, 1.807) is 24.4 Å². The van der Waals surface area contributed by atoms with Gasteiger partial charge in [-0.05, 0) is 29.3 Å². The lowest BCUT2D eigenvalue weighted by atomic mass is 10.0. The Kier molecular flexibility index (Phi) is 3.23. The molecule has 0 spiro atoms. The van der Waals surface area contributed by atoms with E-state index in [0.29, 0.717) is 6.54 Å². The summed E-state index contributed by atoms with van der Waals surface area (Å²) in [6.45, 7) is 0.454.